The zero-order valence-electron chi connectivity index (χ0n) is 20.8. The molecule has 1 aromatic carbocycles. The maximum absolute atomic E-state index is 10.4. The SMILES string of the molecule is CO[C@@]1(c2ccc(-c3cc4c(N5CCN(C(O)OC6COC6)CC5)ccnn4c3)cc2)CCCNC1. The van der Waals surface area contributed by atoms with Gasteiger partial charge in [0.1, 0.15) is 11.7 Å². The van der Waals surface area contributed by atoms with Gasteiger partial charge in [-0.25, -0.2) is 4.52 Å². The van der Waals surface area contributed by atoms with Crippen LogP contribution in [0, 0.1) is 0 Å². The Bertz CT molecular complexity index is 1160. The number of nitrogens with zero attached hydrogens (tertiary/aromatic N) is 4. The van der Waals surface area contributed by atoms with Gasteiger partial charge >= 0.3 is 0 Å². The monoisotopic (exact) mass is 493 g/mol. The summed E-state index contributed by atoms with van der Waals surface area (Å²) in [6.07, 6.45) is 5.23. The minimum absolute atomic E-state index is 0.00502. The number of fused-ring (bicyclic) bond motifs is 1. The van der Waals surface area contributed by atoms with Crippen LogP contribution in [0.25, 0.3) is 16.6 Å². The molecule has 6 rings (SSSR count). The average Bonchev–Trinajstić information content (AvgIpc) is 3.36. The third-order valence-corrected chi connectivity index (χ3v) is 7.86. The average molecular weight is 494 g/mol. The largest absolute Gasteiger partial charge is 0.376 e. The number of ether oxygens (including phenoxy) is 3. The van der Waals surface area contributed by atoms with Crippen LogP contribution in [0.4, 0.5) is 5.69 Å². The lowest BCUT2D eigenvalue weighted by atomic mass is 9.85. The Labute approximate surface area is 211 Å². The van der Waals surface area contributed by atoms with Gasteiger partial charge in [-0.1, -0.05) is 24.3 Å². The Hall–Kier alpha value is -2.53. The number of aliphatic hydroxyl groups excluding tert-OH is 1. The van der Waals surface area contributed by atoms with Gasteiger partial charge in [0.15, 0.2) is 0 Å². The first-order valence-electron chi connectivity index (χ1n) is 12.9. The molecule has 5 heterocycles. The molecule has 192 valence electrons. The lowest BCUT2D eigenvalue weighted by molar-refractivity contribution is -0.262. The maximum atomic E-state index is 10.4. The molecule has 0 saturated carbocycles. The van der Waals surface area contributed by atoms with Gasteiger partial charge in [0.05, 0.1) is 24.4 Å². The Balaban J connectivity index is 1.18. The second kappa shape index (κ2) is 10.1. The molecule has 2 N–H and O–H groups in total. The smallest absolute Gasteiger partial charge is 0.216 e. The number of methoxy groups -OCH3 is 1. The first-order valence-corrected chi connectivity index (χ1v) is 12.9. The van der Waals surface area contributed by atoms with E-state index < -0.39 is 6.41 Å². The lowest BCUT2D eigenvalue weighted by Gasteiger charge is -2.39. The van der Waals surface area contributed by atoms with Gasteiger partial charge in [0.2, 0.25) is 6.41 Å². The number of benzene rings is 1. The third kappa shape index (κ3) is 4.51. The highest BCUT2D eigenvalue weighted by atomic mass is 16.7. The predicted molar refractivity (Wildman–Crippen MR) is 137 cm³/mol. The standard InChI is InChI=1S/C27H35N5O4/c1-34-27(8-2-9-28-19-27)22-5-3-20(4-6-22)21-15-25-24(7-10-29-32(25)16-21)30-11-13-31(14-12-30)26(33)36-23-17-35-18-23/h3-7,10,15-16,23,26,28,33H,2,8-9,11-14,17-19H2,1H3/t26?,27-/m0/s1. The van der Waals surface area contributed by atoms with Gasteiger partial charge in [-0.3, -0.25) is 4.90 Å². The Kier molecular flexibility index (Phi) is 6.68. The maximum Gasteiger partial charge on any atom is 0.216 e. The Morgan fingerprint density at radius 2 is 1.92 bits per heavy atom. The molecule has 3 aliphatic heterocycles. The summed E-state index contributed by atoms with van der Waals surface area (Å²) in [5.74, 6) is 0. The van der Waals surface area contributed by atoms with Crippen molar-refractivity contribution in [1.29, 1.82) is 0 Å². The van der Waals surface area contributed by atoms with E-state index in [0.717, 1.165) is 74.4 Å². The van der Waals surface area contributed by atoms with Crippen LogP contribution in [-0.2, 0) is 19.8 Å². The van der Waals surface area contributed by atoms with Crippen molar-refractivity contribution in [3.8, 4) is 11.1 Å². The van der Waals surface area contributed by atoms with Crippen molar-refractivity contribution in [2.45, 2.75) is 31.0 Å². The number of piperazine rings is 1. The number of anilines is 1. The van der Waals surface area contributed by atoms with Crippen LogP contribution in [0.2, 0.25) is 0 Å². The molecule has 0 bridgehead atoms. The fourth-order valence-electron chi connectivity index (χ4n) is 5.54. The topological polar surface area (TPSA) is 83.7 Å². The van der Waals surface area contributed by atoms with Gasteiger partial charge in [-0.05, 0) is 42.6 Å². The molecule has 3 aromatic rings. The number of aliphatic hydroxyl groups is 1. The van der Waals surface area contributed by atoms with Crippen LogP contribution in [0.1, 0.15) is 18.4 Å². The first-order chi connectivity index (χ1) is 17.6. The normalized spacial score (nSPS) is 24.7. The Morgan fingerprint density at radius 1 is 1.11 bits per heavy atom. The molecule has 0 aliphatic carbocycles. The van der Waals surface area contributed by atoms with Crippen molar-refractivity contribution < 1.29 is 19.3 Å². The highest BCUT2D eigenvalue weighted by Crippen LogP contribution is 2.34. The molecule has 3 aliphatic rings. The van der Waals surface area contributed by atoms with Crippen LogP contribution in [0.5, 0.6) is 0 Å². The minimum Gasteiger partial charge on any atom is -0.376 e. The summed E-state index contributed by atoms with van der Waals surface area (Å²) in [6.45, 7) is 6.11. The second-order valence-electron chi connectivity index (χ2n) is 9.98. The van der Waals surface area contributed by atoms with E-state index in [2.05, 4.69) is 57.9 Å². The lowest BCUT2D eigenvalue weighted by Crippen LogP contribution is -2.53. The van der Waals surface area contributed by atoms with E-state index in [1.807, 2.05) is 22.7 Å². The van der Waals surface area contributed by atoms with E-state index in [-0.39, 0.29) is 11.7 Å². The molecular formula is C27H35N5O4. The summed E-state index contributed by atoms with van der Waals surface area (Å²) in [7, 11) is 1.81. The number of nitrogens with one attached hydrogen (secondary N) is 1. The summed E-state index contributed by atoms with van der Waals surface area (Å²) < 4.78 is 18.7. The van der Waals surface area contributed by atoms with Crippen molar-refractivity contribution in [3.05, 3.63) is 54.4 Å². The zero-order valence-corrected chi connectivity index (χ0v) is 20.8. The van der Waals surface area contributed by atoms with Crippen LogP contribution in [-0.4, -0.2) is 91.7 Å². The number of aromatic nitrogens is 2. The van der Waals surface area contributed by atoms with Gasteiger partial charge in [0.25, 0.3) is 0 Å². The minimum atomic E-state index is -0.872. The van der Waals surface area contributed by atoms with Crippen molar-refractivity contribution in [3.63, 3.8) is 0 Å². The number of hydrogen-bond acceptors (Lipinski definition) is 8. The summed E-state index contributed by atoms with van der Waals surface area (Å²) in [6, 6.07) is 13.1. The molecule has 9 heteroatoms. The first kappa shape index (κ1) is 23.8. The quantitative estimate of drug-likeness (QED) is 0.484. The third-order valence-electron chi connectivity index (χ3n) is 7.86. The van der Waals surface area contributed by atoms with Crippen molar-refractivity contribution >= 4 is 11.2 Å². The Morgan fingerprint density at radius 3 is 2.58 bits per heavy atom. The molecule has 0 amide bonds. The fraction of sp³-hybridized carbons (Fsp3) is 0.519. The van der Waals surface area contributed by atoms with E-state index in [0.29, 0.717) is 13.2 Å². The van der Waals surface area contributed by atoms with E-state index in [9.17, 15) is 5.11 Å². The van der Waals surface area contributed by atoms with Crippen molar-refractivity contribution in [2.24, 2.45) is 0 Å². The highest BCUT2D eigenvalue weighted by Gasteiger charge is 2.34. The second-order valence-corrected chi connectivity index (χ2v) is 9.98. The van der Waals surface area contributed by atoms with Gasteiger partial charge in [0, 0.05) is 57.8 Å². The van der Waals surface area contributed by atoms with E-state index >= 15 is 0 Å². The van der Waals surface area contributed by atoms with Crippen molar-refractivity contribution in [2.75, 3.05) is 64.5 Å². The van der Waals surface area contributed by atoms with Crippen LogP contribution < -0.4 is 10.2 Å². The molecular weight excluding hydrogens is 458 g/mol. The number of rotatable bonds is 7. The number of piperidine rings is 1. The molecule has 36 heavy (non-hydrogen) atoms. The van der Waals surface area contributed by atoms with Gasteiger partial charge in [-0.2, -0.15) is 5.10 Å². The molecule has 3 saturated heterocycles. The van der Waals surface area contributed by atoms with E-state index in [4.69, 9.17) is 14.2 Å². The van der Waals surface area contributed by atoms with E-state index in [1.54, 1.807) is 0 Å². The molecule has 0 radical (unpaired) electrons. The van der Waals surface area contributed by atoms with Crippen LogP contribution >= 0.6 is 0 Å². The summed E-state index contributed by atoms with van der Waals surface area (Å²) in [5.41, 5.74) is 5.51. The fourth-order valence-corrected chi connectivity index (χ4v) is 5.54. The van der Waals surface area contributed by atoms with Gasteiger partial charge in [-0.15, -0.1) is 0 Å². The van der Waals surface area contributed by atoms with Crippen LogP contribution in [0.15, 0.2) is 48.8 Å². The summed E-state index contributed by atoms with van der Waals surface area (Å²) >= 11 is 0. The van der Waals surface area contributed by atoms with Crippen LogP contribution in [0.3, 0.4) is 0 Å². The number of hydrogen-bond donors (Lipinski definition) is 2. The van der Waals surface area contributed by atoms with Crippen molar-refractivity contribution in [1.82, 2.24) is 19.8 Å². The summed E-state index contributed by atoms with van der Waals surface area (Å²) in [5, 5.41) is 18.5. The molecule has 1 unspecified atom stereocenters. The molecule has 9 nitrogen and oxygen atoms in total. The molecule has 3 fully saturated rings. The molecule has 0 spiro atoms. The zero-order chi connectivity index (χ0) is 24.5. The van der Waals surface area contributed by atoms with Gasteiger partial charge < -0.3 is 29.5 Å². The predicted octanol–water partition coefficient (Wildman–Crippen LogP) is 2.04. The van der Waals surface area contributed by atoms with E-state index in [1.165, 1.54) is 5.56 Å². The molecule has 2 atom stereocenters. The highest BCUT2D eigenvalue weighted by molar-refractivity contribution is 5.80. The molecule has 2 aromatic heterocycles. The summed E-state index contributed by atoms with van der Waals surface area (Å²) in [4.78, 5) is 4.34.